The normalized spacial score (nSPS) is 11.4. The van der Waals surface area contributed by atoms with Gasteiger partial charge in [-0.1, -0.05) is 59.7 Å². The van der Waals surface area contributed by atoms with E-state index >= 15 is 0 Å². The van der Waals surface area contributed by atoms with Gasteiger partial charge in [-0.3, -0.25) is 0 Å². The number of hydrogen-bond donors (Lipinski definition) is 0. The molecular weight excluding hydrogens is 913 g/mol. The highest BCUT2D eigenvalue weighted by atomic mass is 16.5. The zero-order valence-electron chi connectivity index (χ0n) is 38.2. The lowest BCUT2D eigenvalue weighted by Gasteiger charge is -2.19. The van der Waals surface area contributed by atoms with Crippen LogP contribution in [0.5, 0.6) is 71.1 Å². The molecule has 24 nitrogen and oxygen atoms in total. The molecule has 0 amide bonds. The third-order valence-electron chi connectivity index (χ3n) is 9.95. The Morgan fingerprint density at radius 2 is 0.657 bits per heavy atom. The van der Waals surface area contributed by atoms with Gasteiger partial charge in [0.25, 0.3) is 0 Å². The summed E-state index contributed by atoms with van der Waals surface area (Å²) in [6.07, 6.45) is 0. The number of nitrogens with zero attached hydrogens (tertiary/aromatic N) is 12. The van der Waals surface area contributed by atoms with E-state index in [4.69, 9.17) is 47.4 Å². The van der Waals surface area contributed by atoms with Crippen molar-refractivity contribution in [1.29, 1.82) is 0 Å². The summed E-state index contributed by atoms with van der Waals surface area (Å²) in [5, 5.41) is 0. The second-order valence-electron chi connectivity index (χ2n) is 14.5. The van der Waals surface area contributed by atoms with Crippen molar-refractivity contribution in [3.63, 3.8) is 0 Å². The summed E-state index contributed by atoms with van der Waals surface area (Å²) < 4.78 is 58.1. The molecule has 70 heavy (non-hydrogen) atoms. The van der Waals surface area contributed by atoms with Gasteiger partial charge in [0.1, 0.15) is 34.1 Å². The average molecular weight is 949 g/mol. The molecule has 8 aromatic rings. The van der Waals surface area contributed by atoms with Gasteiger partial charge < -0.3 is 47.4 Å². The van der Waals surface area contributed by atoms with E-state index in [0.717, 1.165) is 11.1 Å². The number of fused-ring (bicyclic) bond motifs is 8. The smallest absolute Gasteiger partial charge is 0.338 e. The van der Waals surface area contributed by atoms with Gasteiger partial charge in [-0.15, -0.1) is 19.9 Å². The maximum absolute atomic E-state index is 13.5. The second-order valence-corrected chi connectivity index (χ2v) is 14.5. The zero-order valence-corrected chi connectivity index (χ0v) is 38.2. The Morgan fingerprint density at radius 1 is 0.371 bits per heavy atom. The third kappa shape index (κ3) is 9.44. The van der Waals surface area contributed by atoms with Gasteiger partial charge in [0.15, 0.2) is 23.3 Å². The Balaban J connectivity index is 1.40. The van der Waals surface area contributed by atoms with Gasteiger partial charge in [-0.25, -0.2) is 9.59 Å². The van der Waals surface area contributed by atoms with Crippen molar-refractivity contribution in [3.8, 4) is 117 Å². The molecule has 0 aliphatic carbocycles. The second kappa shape index (κ2) is 19.2. The summed E-state index contributed by atoms with van der Waals surface area (Å²) >= 11 is 0. The van der Waals surface area contributed by atoms with Crippen LogP contribution < -0.4 is 37.9 Å². The largest absolute Gasteiger partial charge is 0.467 e. The minimum Gasteiger partial charge on any atom is -0.467 e. The molecule has 5 heterocycles. The minimum absolute atomic E-state index is 0.0359. The average Bonchev–Trinajstić information content (AvgIpc) is 3.37. The molecule has 0 fully saturated rings. The maximum Gasteiger partial charge on any atom is 0.338 e. The number of hydrogen-bond acceptors (Lipinski definition) is 24. The van der Waals surface area contributed by atoms with E-state index in [0.29, 0.717) is 11.1 Å². The monoisotopic (exact) mass is 948 g/mol. The van der Waals surface area contributed by atoms with Crippen LogP contribution in [-0.2, 0) is 9.47 Å². The zero-order chi connectivity index (χ0) is 49.1. The molecule has 0 atom stereocenters. The lowest BCUT2D eigenvalue weighted by atomic mass is 10.1. The van der Waals surface area contributed by atoms with Gasteiger partial charge in [0.2, 0.25) is 0 Å². The fraction of sp³-hybridized carbons (Fsp3) is 0.174. The molecular formula is C46H36N12O12. The number of aryl methyl sites for hydroxylation is 2. The van der Waals surface area contributed by atoms with Crippen LogP contribution in [0.15, 0.2) is 72.8 Å². The standard InChI is InChI=1S/C46H36N12O12/c1-21-9-13-23(14-10-21)33-47-43-57-44(48-33)68-28-18-26(38(60)62-4)20-30(32(28)36-53-41(65-7)56-42(54-36)66-8)70-46-50-34(24-15-11-22(2)12-16-24)49-45(58-46)69-29-19-25(37(59)61-3)17-27(67-43)31(29)35-51-39(63-5)55-40(52-35)64-6/h9-20H,1-8H3. The van der Waals surface area contributed by atoms with E-state index in [1.54, 1.807) is 24.3 Å². The van der Waals surface area contributed by atoms with Crippen LogP contribution in [0.2, 0.25) is 0 Å². The van der Waals surface area contributed by atoms with E-state index in [9.17, 15) is 9.59 Å². The number of aromatic nitrogens is 12. The van der Waals surface area contributed by atoms with Crippen molar-refractivity contribution in [1.82, 2.24) is 59.8 Å². The number of benzene rings is 4. The van der Waals surface area contributed by atoms with Crippen molar-refractivity contribution in [2.45, 2.75) is 13.8 Å². The Bertz CT molecular complexity index is 2970. The summed E-state index contributed by atoms with van der Waals surface area (Å²) in [5.74, 6) is -2.53. The van der Waals surface area contributed by atoms with Gasteiger partial charge >= 0.3 is 60.0 Å². The Kier molecular flexibility index (Phi) is 12.5. The predicted molar refractivity (Wildman–Crippen MR) is 240 cm³/mol. The van der Waals surface area contributed by atoms with E-state index in [2.05, 4.69) is 59.8 Å². The fourth-order valence-corrected chi connectivity index (χ4v) is 6.59. The highest BCUT2D eigenvalue weighted by molar-refractivity contribution is 5.93. The molecule has 8 bridgehead atoms. The van der Waals surface area contributed by atoms with Gasteiger partial charge in [0.05, 0.1) is 53.8 Å². The number of methoxy groups -OCH3 is 6. The first kappa shape index (κ1) is 45.4. The van der Waals surface area contributed by atoms with Crippen LogP contribution >= 0.6 is 0 Å². The molecule has 0 saturated heterocycles. The lowest BCUT2D eigenvalue weighted by molar-refractivity contribution is 0.0591. The third-order valence-corrected chi connectivity index (χ3v) is 9.95. The Labute approximate surface area is 396 Å². The molecule has 24 heteroatoms. The topological polar surface area (TPSA) is 281 Å². The van der Waals surface area contributed by atoms with E-state index in [1.165, 1.54) is 66.9 Å². The Morgan fingerprint density at radius 3 is 0.914 bits per heavy atom. The van der Waals surface area contributed by atoms with Gasteiger partial charge in [-0.05, 0) is 38.1 Å². The summed E-state index contributed by atoms with van der Waals surface area (Å²) in [6.45, 7) is 3.83. The maximum atomic E-state index is 13.5. The number of carbonyl (C=O) groups excluding carboxylic acids is 2. The first-order valence-electron chi connectivity index (χ1n) is 20.5. The molecule has 4 aromatic carbocycles. The molecule has 9 rings (SSSR count). The SMILES string of the molecule is COC(=O)c1cc2c(-c3nc(OC)nc(OC)n3)c(c1)Oc1nc(nc(-c3ccc(C)cc3)n1)Oc1cc(C(=O)OC)cc(c1-c1nc(OC)nc(OC)n1)Oc1nc(nc(-c3ccc(C)cc3)n1)O2. The fourth-order valence-electron chi connectivity index (χ4n) is 6.59. The summed E-state index contributed by atoms with van der Waals surface area (Å²) in [5.41, 5.74) is 2.65. The molecule has 4 aromatic heterocycles. The number of rotatable bonds is 10. The predicted octanol–water partition coefficient (Wildman–Crippen LogP) is 6.80. The number of carbonyl (C=O) groups is 2. The van der Waals surface area contributed by atoms with Crippen LogP contribution in [0, 0.1) is 13.8 Å². The van der Waals surface area contributed by atoms with Crippen molar-refractivity contribution in [2.75, 3.05) is 42.7 Å². The summed E-state index contributed by atoms with van der Waals surface area (Å²) in [6, 6.07) is 17.5. The van der Waals surface area contributed by atoms with Crippen LogP contribution in [0.25, 0.3) is 45.6 Å². The van der Waals surface area contributed by atoms with Gasteiger partial charge in [0, 0.05) is 11.1 Å². The van der Waals surface area contributed by atoms with Crippen molar-refractivity contribution < 1.29 is 57.0 Å². The van der Waals surface area contributed by atoms with Crippen molar-refractivity contribution in [2.24, 2.45) is 0 Å². The quantitative estimate of drug-likeness (QED) is 0.127. The molecule has 0 unspecified atom stereocenters. The molecule has 0 spiro atoms. The molecule has 0 saturated carbocycles. The minimum atomic E-state index is -0.805. The van der Waals surface area contributed by atoms with E-state index in [-0.39, 0.29) is 92.6 Å². The van der Waals surface area contributed by atoms with Crippen LogP contribution in [0.4, 0.5) is 0 Å². The number of esters is 2. The van der Waals surface area contributed by atoms with Gasteiger partial charge in [-0.2, -0.15) is 39.9 Å². The van der Waals surface area contributed by atoms with Crippen molar-refractivity contribution >= 4 is 11.9 Å². The number of ether oxygens (including phenoxy) is 10. The lowest BCUT2D eigenvalue weighted by Crippen LogP contribution is -2.09. The van der Waals surface area contributed by atoms with E-state index in [1.807, 2.05) is 38.1 Å². The van der Waals surface area contributed by atoms with Crippen LogP contribution in [0.1, 0.15) is 31.8 Å². The highest BCUT2D eigenvalue weighted by Gasteiger charge is 2.30. The Hall–Kier alpha value is -9.74. The summed E-state index contributed by atoms with van der Waals surface area (Å²) in [4.78, 5) is 81.0. The molecule has 1 aliphatic rings. The molecule has 0 N–H and O–H groups in total. The molecule has 0 radical (unpaired) electrons. The summed E-state index contributed by atoms with van der Waals surface area (Å²) in [7, 11) is 7.78. The van der Waals surface area contributed by atoms with E-state index < -0.39 is 36.0 Å². The molecule has 1 aliphatic heterocycles. The van der Waals surface area contributed by atoms with Crippen LogP contribution in [-0.4, -0.2) is 114 Å². The van der Waals surface area contributed by atoms with Crippen LogP contribution in [0.3, 0.4) is 0 Å². The molecule has 352 valence electrons. The first-order chi connectivity index (χ1) is 33.9. The first-order valence-corrected chi connectivity index (χ1v) is 20.5. The van der Waals surface area contributed by atoms with Crippen molar-refractivity contribution in [3.05, 3.63) is 95.1 Å². The highest BCUT2D eigenvalue weighted by Crippen LogP contribution is 2.46.